The minimum Gasteiger partial charge on any atom is -0.377 e. The summed E-state index contributed by atoms with van der Waals surface area (Å²) in [6.45, 7) is 5.11. The molecule has 2 saturated heterocycles. The predicted octanol–water partition coefficient (Wildman–Crippen LogP) is 1.40. The molecule has 19 heavy (non-hydrogen) atoms. The molecule has 2 aliphatic rings. The Morgan fingerprint density at radius 2 is 2.32 bits per heavy atom. The molecule has 2 rings (SSSR count). The Morgan fingerprint density at radius 1 is 1.42 bits per heavy atom. The van der Waals surface area contributed by atoms with E-state index in [9.17, 15) is 4.79 Å². The van der Waals surface area contributed by atoms with Crippen LogP contribution < -0.4 is 10.6 Å². The molecule has 0 radical (unpaired) electrons. The first-order chi connectivity index (χ1) is 9.25. The Balaban J connectivity index is 1.58. The third-order valence-corrected chi connectivity index (χ3v) is 5.02. The SMILES string of the molecule is CC1CNCCC1NC(=O)CSCC1CCCCO1. The molecule has 0 aliphatic carbocycles. The maximum atomic E-state index is 11.9. The zero-order chi connectivity index (χ0) is 13.5. The Morgan fingerprint density at radius 3 is 3.05 bits per heavy atom. The highest BCUT2D eigenvalue weighted by Gasteiger charge is 2.22. The molecular weight excluding hydrogens is 260 g/mol. The number of thioether (sulfide) groups is 1. The van der Waals surface area contributed by atoms with Gasteiger partial charge in [-0.2, -0.15) is 0 Å². The molecule has 5 heteroatoms. The number of piperidine rings is 1. The molecule has 1 amide bonds. The maximum absolute atomic E-state index is 11.9. The number of rotatable bonds is 5. The first-order valence-electron chi connectivity index (χ1n) is 7.45. The molecule has 2 aliphatic heterocycles. The molecule has 0 aromatic carbocycles. The van der Waals surface area contributed by atoms with Gasteiger partial charge in [0, 0.05) is 18.4 Å². The second kappa shape index (κ2) is 8.12. The van der Waals surface area contributed by atoms with Crippen molar-refractivity contribution in [2.75, 3.05) is 31.2 Å². The second-order valence-corrected chi connectivity index (χ2v) is 6.68. The topological polar surface area (TPSA) is 50.4 Å². The van der Waals surface area contributed by atoms with E-state index in [4.69, 9.17) is 4.74 Å². The molecule has 110 valence electrons. The molecule has 2 fully saturated rings. The van der Waals surface area contributed by atoms with Crippen molar-refractivity contribution in [2.24, 2.45) is 5.92 Å². The summed E-state index contributed by atoms with van der Waals surface area (Å²) in [7, 11) is 0. The number of ether oxygens (including phenoxy) is 1. The van der Waals surface area contributed by atoms with Crippen LogP contribution in [0.1, 0.15) is 32.6 Å². The van der Waals surface area contributed by atoms with Crippen LogP contribution in [0.2, 0.25) is 0 Å². The lowest BCUT2D eigenvalue weighted by molar-refractivity contribution is -0.119. The van der Waals surface area contributed by atoms with E-state index >= 15 is 0 Å². The number of hydrogen-bond donors (Lipinski definition) is 2. The molecule has 3 unspecified atom stereocenters. The summed E-state index contributed by atoms with van der Waals surface area (Å²) in [5.41, 5.74) is 0. The van der Waals surface area contributed by atoms with Crippen molar-refractivity contribution < 1.29 is 9.53 Å². The summed E-state index contributed by atoms with van der Waals surface area (Å²) >= 11 is 1.71. The van der Waals surface area contributed by atoms with Crippen LogP contribution in [0.15, 0.2) is 0 Å². The summed E-state index contributed by atoms with van der Waals surface area (Å²) in [5, 5.41) is 6.52. The fraction of sp³-hybridized carbons (Fsp3) is 0.929. The molecule has 2 N–H and O–H groups in total. The van der Waals surface area contributed by atoms with Crippen LogP contribution in [0.3, 0.4) is 0 Å². The summed E-state index contributed by atoms with van der Waals surface area (Å²) in [4.78, 5) is 11.9. The van der Waals surface area contributed by atoms with Crippen LogP contribution in [-0.2, 0) is 9.53 Å². The van der Waals surface area contributed by atoms with Crippen molar-refractivity contribution >= 4 is 17.7 Å². The highest BCUT2D eigenvalue weighted by Crippen LogP contribution is 2.17. The molecule has 2 heterocycles. The smallest absolute Gasteiger partial charge is 0.230 e. The van der Waals surface area contributed by atoms with Gasteiger partial charge in [-0.25, -0.2) is 0 Å². The van der Waals surface area contributed by atoms with Gasteiger partial charge in [-0.3, -0.25) is 4.79 Å². The van der Waals surface area contributed by atoms with E-state index in [-0.39, 0.29) is 5.91 Å². The monoisotopic (exact) mass is 286 g/mol. The van der Waals surface area contributed by atoms with Gasteiger partial charge in [-0.05, 0) is 44.7 Å². The zero-order valence-electron chi connectivity index (χ0n) is 11.8. The Hall–Kier alpha value is -0.260. The minimum absolute atomic E-state index is 0.180. The molecule has 0 saturated carbocycles. The van der Waals surface area contributed by atoms with Gasteiger partial charge < -0.3 is 15.4 Å². The van der Waals surface area contributed by atoms with E-state index < -0.39 is 0 Å². The lowest BCUT2D eigenvalue weighted by Gasteiger charge is -2.30. The van der Waals surface area contributed by atoms with Crippen molar-refractivity contribution in [3.8, 4) is 0 Å². The van der Waals surface area contributed by atoms with E-state index in [0.717, 1.165) is 38.3 Å². The van der Waals surface area contributed by atoms with Crippen LogP contribution in [0.25, 0.3) is 0 Å². The van der Waals surface area contributed by atoms with E-state index in [1.165, 1.54) is 12.8 Å². The van der Waals surface area contributed by atoms with E-state index in [2.05, 4.69) is 17.6 Å². The van der Waals surface area contributed by atoms with E-state index in [1.54, 1.807) is 11.8 Å². The quantitative estimate of drug-likeness (QED) is 0.802. The van der Waals surface area contributed by atoms with Crippen LogP contribution >= 0.6 is 11.8 Å². The lowest BCUT2D eigenvalue weighted by atomic mass is 9.95. The van der Waals surface area contributed by atoms with Crippen LogP contribution in [-0.4, -0.2) is 49.3 Å². The number of hydrogen-bond acceptors (Lipinski definition) is 4. The van der Waals surface area contributed by atoms with Gasteiger partial charge >= 0.3 is 0 Å². The zero-order valence-corrected chi connectivity index (χ0v) is 12.6. The average Bonchev–Trinajstić information content (AvgIpc) is 2.43. The molecule has 0 spiro atoms. The van der Waals surface area contributed by atoms with Crippen molar-refractivity contribution in [2.45, 2.75) is 44.8 Å². The Labute approximate surface area is 120 Å². The second-order valence-electron chi connectivity index (χ2n) is 5.65. The van der Waals surface area contributed by atoms with E-state index in [1.807, 2.05) is 0 Å². The number of carbonyl (C=O) groups is 1. The van der Waals surface area contributed by atoms with Crippen LogP contribution in [0, 0.1) is 5.92 Å². The molecular formula is C14H26N2O2S. The maximum Gasteiger partial charge on any atom is 0.230 e. The van der Waals surface area contributed by atoms with Gasteiger partial charge in [0.25, 0.3) is 0 Å². The van der Waals surface area contributed by atoms with Crippen molar-refractivity contribution in [3.63, 3.8) is 0 Å². The fourth-order valence-electron chi connectivity index (χ4n) is 2.70. The number of nitrogens with one attached hydrogen (secondary N) is 2. The normalized spacial score (nSPS) is 31.9. The standard InChI is InChI=1S/C14H26N2O2S/c1-11-8-15-6-5-13(11)16-14(17)10-19-9-12-4-2-3-7-18-12/h11-13,15H,2-10H2,1H3,(H,16,17). The largest absolute Gasteiger partial charge is 0.377 e. The molecule has 0 aromatic rings. The van der Waals surface area contributed by atoms with E-state index in [0.29, 0.717) is 23.8 Å². The van der Waals surface area contributed by atoms with Gasteiger partial charge in [0.2, 0.25) is 5.91 Å². The Bertz CT molecular complexity index is 283. The molecule has 0 bridgehead atoms. The summed E-state index contributed by atoms with van der Waals surface area (Å²) < 4.78 is 5.67. The molecule has 4 nitrogen and oxygen atoms in total. The fourth-order valence-corrected chi connectivity index (χ4v) is 3.61. The van der Waals surface area contributed by atoms with Crippen molar-refractivity contribution in [1.82, 2.24) is 10.6 Å². The van der Waals surface area contributed by atoms with Gasteiger partial charge in [-0.15, -0.1) is 11.8 Å². The molecule has 0 aromatic heterocycles. The highest BCUT2D eigenvalue weighted by molar-refractivity contribution is 7.99. The van der Waals surface area contributed by atoms with Crippen LogP contribution in [0.4, 0.5) is 0 Å². The lowest BCUT2D eigenvalue weighted by Crippen LogP contribution is -2.48. The summed E-state index contributed by atoms with van der Waals surface area (Å²) in [6.07, 6.45) is 5.02. The third-order valence-electron chi connectivity index (χ3n) is 3.94. The predicted molar refractivity (Wildman–Crippen MR) is 79.5 cm³/mol. The van der Waals surface area contributed by atoms with Crippen molar-refractivity contribution in [3.05, 3.63) is 0 Å². The average molecular weight is 286 g/mol. The Kier molecular flexibility index (Phi) is 6.47. The van der Waals surface area contributed by atoms with Gasteiger partial charge in [0.1, 0.15) is 0 Å². The van der Waals surface area contributed by atoms with Crippen LogP contribution in [0.5, 0.6) is 0 Å². The third kappa shape index (κ3) is 5.32. The highest BCUT2D eigenvalue weighted by atomic mass is 32.2. The molecule has 3 atom stereocenters. The number of amides is 1. The van der Waals surface area contributed by atoms with Gasteiger partial charge in [-0.1, -0.05) is 6.92 Å². The first-order valence-corrected chi connectivity index (χ1v) is 8.60. The van der Waals surface area contributed by atoms with Gasteiger partial charge in [0.05, 0.1) is 11.9 Å². The van der Waals surface area contributed by atoms with Gasteiger partial charge in [0.15, 0.2) is 0 Å². The number of carbonyl (C=O) groups excluding carboxylic acids is 1. The summed E-state index contributed by atoms with van der Waals surface area (Å²) in [5.74, 6) is 2.23. The minimum atomic E-state index is 0.180. The first kappa shape index (κ1) is 15.1. The summed E-state index contributed by atoms with van der Waals surface area (Å²) in [6, 6.07) is 0.347. The van der Waals surface area contributed by atoms with Crippen molar-refractivity contribution in [1.29, 1.82) is 0 Å².